The van der Waals surface area contributed by atoms with Crippen molar-refractivity contribution in [2.24, 2.45) is 0 Å². The van der Waals surface area contributed by atoms with E-state index in [-0.39, 0.29) is 5.41 Å². The Morgan fingerprint density at radius 3 is 2.33 bits per heavy atom. The molecule has 1 nitrogen and oxygen atoms in total. The molecular formula is C11H12ClFOS. The van der Waals surface area contributed by atoms with E-state index in [1.54, 1.807) is 12.1 Å². The predicted octanol–water partition coefficient (Wildman–Crippen LogP) is 3.96. The van der Waals surface area contributed by atoms with Gasteiger partial charge in [0.25, 0.3) is 5.24 Å². The molecule has 0 atom stereocenters. The van der Waals surface area contributed by atoms with Gasteiger partial charge in [0.1, 0.15) is 0 Å². The lowest BCUT2D eigenvalue weighted by Crippen LogP contribution is -2.19. The number of hydrogen-bond acceptors (Lipinski definition) is 2. The number of halogens is 2. The second-order valence-corrected chi connectivity index (χ2v) is 4.84. The van der Waals surface area contributed by atoms with Crippen molar-refractivity contribution in [1.82, 2.24) is 0 Å². The van der Waals surface area contributed by atoms with Crippen molar-refractivity contribution in [3.8, 4) is 0 Å². The van der Waals surface area contributed by atoms with Crippen LogP contribution in [0.15, 0.2) is 24.3 Å². The summed E-state index contributed by atoms with van der Waals surface area (Å²) in [4.78, 5) is 10.8. The molecule has 1 aromatic carbocycles. The maximum atomic E-state index is 12.2. The van der Waals surface area contributed by atoms with E-state index in [0.717, 1.165) is 5.56 Å². The van der Waals surface area contributed by atoms with Gasteiger partial charge < -0.3 is 0 Å². The summed E-state index contributed by atoms with van der Waals surface area (Å²) in [6, 6.07) is 6.95. The highest BCUT2D eigenvalue weighted by molar-refractivity contribution is 7.94. The van der Waals surface area contributed by atoms with Gasteiger partial charge in [-0.25, -0.2) is 0 Å². The zero-order valence-corrected chi connectivity index (χ0v) is 10.2. The molecular weight excluding hydrogens is 235 g/mol. The summed E-state index contributed by atoms with van der Waals surface area (Å²) in [5.74, 6) is 0.390. The van der Waals surface area contributed by atoms with E-state index in [1.165, 1.54) is 0 Å². The van der Waals surface area contributed by atoms with Crippen LogP contribution >= 0.6 is 23.7 Å². The van der Waals surface area contributed by atoms with Gasteiger partial charge in [0.05, 0.1) is 0 Å². The van der Waals surface area contributed by atoms with Gasteiger partial charge >= 0.3 is 0 Å². The highest BCUT2D eigenvalue weighted by atomic mass is 35.5. The number of hydrogen-bond donors (Lipinski definition) is 0. The van der Waals surface area contributed by atoms with Crippen LogP contribution in [0.3, 0.4) is 0 Å². The fourth-order valence-electron chi connectivity index (χ4n) is 1.27. The average molecular weight is 247 g/mol. The van der Waals surface area contributed by atoms with E-state index in [4.69, 9.17) is 11.6 Å². The van der Waals surface area contributed by atoms with Gasteiger partial charge in [-0.2, -0.15) is 3.89 Å². The summed E-state index contributed by atoms with van der Waals surface area (Å²) >= 11 is 5.65. The molecule has 82 valence electrons. The van der Waals surface area contributed by atoms with Crippen LogP contribution in [0.4, 0.5) is 3.89 Å². The Labute approximate surface area is 98.3 Å². The SMILES string of the molecule is CC(C)(CSF)c1ccc(C(=O)Cl)cc1. The van der Waals surface area contributed by atoms with Gasteiger partial charge in [0, 0.05) is 28.9 Å². The maximum absolute atomic E-state index is 12.2. The van der Waals surface area contributed by atoms with Crippen LogP contribution in [0.5, 0.6) is 0 Å². The Bertz CT molecular complexity index is 348. The number of benzene rings is 1. The molecule has 0 unspecified atom stereocenters. The van der Waals surface area contributed by atoms with E-state index < -0.39 is 5.24 Å². The van der Waals surface area contributed by atoms with Gasteiger partial charge in [0.15, 0.2) is 0 Å². The molecule has 0 amide bonds. The van der Waals surface area contributed by atoms with E-state index in [2.05, 4.69) is 0 Å². The van der Waals surface area contributed by atoms with E-state index >= 15 is 0 Å². The molecule has 0 N–H and O–H groups in total. The first-order valence-electron chi connectivity index (χ1n) is 4.51. The fraction of sp³-hybridized carbons (Fsp3) is 0.364. The largest absolute Gasteiger partial charge is 0.276 e. The van der Waals surface area contributed by atoms with Crippen molar-refractivity contribution in [2.45, 2.75) is 19.3 Å². The third-order valence-electron chi connectivity index (χ3n) is 2.31. The summed E-state index contributed by atoms with van der Waals surface area (Å²) < 4.78 is 12.2. The molecule has 1 aromatic rings. The molecule has 0 saturated heterocycles. The van der Waals surface area contributed by atoms with Crippen molar-refractivity contribution in [3.05, 3.63) is 35.4 Å². The molecule has 0 fully saturated rings. The molecule has 0 radical (unpaired) electrons. The Morgan fingerprint density at radius 1 is 1.40 bits per heavy atom. The smallest absolute Gasteiger partial charge is 0.252 e. The molecule has 0 heterocycles. The van der Waals surface area contributed by atoms with Crippen LogP contribution in [0.2, 0.25) is 0 Å². The van der Waals surface area contributed by atoms with E-state index in [1.807, 2.05) is 26.0 Å². The Morgan fingerprint density at radius 2 is 1.93 bits per heavy atom. The van der Waals surface area contributed by atoms with Crippen molar-refractivity contribution in [2.75, 3.05) is 5.75 Å². The zero-order valence-electron chi connectivity index (χ0n) is 8.59. The lowest BCUT2D eigenvalue weighted by Gasteiger charge is -2.22. The van der Waals surface area contributed by atoms with Crippen LogP contribution in [0.25, 0.3) is 0 Å². The van der Waals surface area contributed by atoms with E-state index in [9.17, 15) is 8.68 Å². The van der Waals surface area contributed by atoms with E-state index in [0.29, 0.717) is 23.5 Å². The summed E-state index contributed by atoms with van der Waals surface area (Å²) in [7, 11) is 0. The Hall–Kier alpha value is -0.540. The minimum Gasteiger partial charge on any atom is -0.276 e. The fourth-order valence-corrected chi connectivity index (χ4v) is 1.84. The molecule has 0 aliphatic carbocycles. The Balaban J connectivity index is 2.93. The third-order valence-corrected chi connectivity index (χ3v) is 3.36. The summed E-state index contributed by atoms with van der Waals surface area (Å²) in [6.07, 6.45) is 0. The first-order chi connectivity index (χ1) is 6.97. The lowest BCUT2D eigenvalue weighted by molar-refractivity contribution is 0.108. The predicted molar refractivity (Wildman–Crippen MR) is 63.2 cm³/mol. The van der Waals surface area contributed by atoms with Crippen molar-refractivity contribution in [1.29, 1.82) is 0 Å². The monoisotopic (exact) mass is 246 g/mol. The minimum atomic E-state index is -0.473. The number of carbonyl (C=O) groups is 1. The van der Waals surface area contributed by atoms with Gasteiger partial charge in [-0.15, -0.1) is 0 Å². The van der Waals surface area contributed by atoms with Crippen LogP contribution in [-0.2, 0) is 5.41 Å². The van der Waals surface area contributed by atoms with Crippen LogP contribution in [-0.4, -0.2) is 11.0 Å². The van der Waals surface area contributed by atoms with Gasteiger partial charge in [0.2, 0.25) is 0 Å². The molecule has 15 heavy (non-hydrogen) atoms. The minimum absolute atomic E-state index is 0.243. The third kappa shape index (κ3) is 3.21. The Kier molecular flexibility index (Phi) is 4.17. The van der Waals surface area contributed by atoms with Crippen LogP contribution in [0, 0.1) is 0 Å². The van der Waals surface area contributed by atoms with Gasteiger partial charge in [-0.1, -0.05) is 26.0 Å². The lowest BCUT2D eigenvalue weighted by atomic mass is 9.86. The quantitative estimate of drug-likeness (QED) is 0.748. The second kappa shape index (κ2) is 4.99. The molecule has 0 aliphatic rings. The highest BCUT2D eigenvalue weighted by Crippen LogP contribution is 2.28. The molecule has 0 aromatic heterocycles. The summed E-state index contributed by atoms with van der Waals surface area (Å²) in [5, 5.41) is -0.473. The maximum Gasteiger partial charge on any atom is 0.252 e. The molecule has 0 bridgehead atoms. The topological polar surface area (TPSA) is 17.1 Å². The average Bonchev–Trinajstić information content (AvgIpc) is 2.18. The van der Waals surface area contributed by atoms with Crippen molar-refractivity contribution >= 4 is 29.0 Å². The number of carbonyl (C=O) groups excluding carboxylic acids is 1. The number of rotatable bonds is 4. The van der Waals surface area contributed by atoms with Crippen molar-refractivity contribution < 1.29 is 8.68 Å². The molecule has 0 aliphatic heterocycles. The second-order valence-electron chi connectivity index (χ2n) is 3.99. The molecule has 1 rings (SSSR count). The van der Waals surface area contributed by atoms with Crippen LogP contribution < -0.4 is 0 Å². The standard InChI is InChI=1S/C11H12ClFOS/c1-11(2,7-15-13)9-5-3-8(4-6-9)10(12)14/h3-6H,7H2,1-2H3. The zero-order chi connectivity index (χ0) is 11.5. The first kappa shape index (κ1) is 12.5. The molecule has 0 saturated carbocycles. The van der Waals surface area contributed by atoms with Gasteiger partial charge in [-0.05, 0) is 29.3 Å². The van der Waals surface area contributed by atoms with Crippen molar-refractivity contribution in [3.63, 3.8) is 0 Å². The first-order valence-corrected chi connectivity index (χ1v) is 5.77. The van der Waals surface area contributed by atoms with Gasteiger partial charge in [-0.3, -0.25) is 4.79 Å². The molecule has 0 spiro atoms. The summed E-state index contributed by atoms with van der Waals surface area (Å²) in [5.41, 5.74) is 1.21. The normalized spacial score (nSPS) is 11.5. The molecule has 4 heteroatoms. The summed E-state index contributed by atoms with van der Waals surface area (Å²) in [6.45, 7) is 3.91. The van der Waals surface area contributed by atoms with Crippen LogP contribution in [0.1, 0.15) is 29.8 Å². The highest BCUT2D eigenvalue weighted by Gasteiger charge is 2.21.